The third-order valence-electron chi connectivity index (χ3n) is 4.07. The first-order valence-electron chi connectivity index (χ1n) is 8.81. The molecule has 0 bridgehead atoms. The molecule has 0 aliphatic heterocycles. The number of benzene rings is 1. The smallest absolute Gasteiger partial charge is 0.191 e. The molecule has 2 rings (SSSR count). The van der Waals surface area contributed by atoms with Crippen LogP contribution in [-0.2, 0) is 18.4 Å². The molecule has 0 saturated carbocycles. The van der Waals surface area contributed by atoms with E-state index in [9.17, 15) is 0 Å². The second-order valence-corrected chi connectivity index (χ2v) is 6.34. The number of aryl methyl sites for hydroxylation is 1. The van der Waals surface area contributed by atoms with Crippen LogP contribution < -0.4 is 10.6 Å². The predicted molar refractivity (Wildman–Crippen MR) is 105 cm³/mol. The maximum Gasteiger partial charge on any atom is 0.191 e. The molecule has 1 aromatic heterocycles. The minimum atomic E-state index is 0.219. The fourth-order valence-corrected chi connectivity index (χ4v) is 2.63. The number of aliphatic imine (C=N–C) groups is 1. The lowest BCUT2D eigenvalue weighted by Crippen LogP contribution is -2.42. The number of nitrogens with zero attached hydrogens (tertiary/aromatic N) is 4. The van der Waals surface area contributed by atoms with Crippen molar-refractivity contribution in [3.63, 3.8) is 0 Å². The molecule has 0 fully saturated rings. The summed E-state index contributed by atoms with van der Waals surface area (Å²) in [5.41, 5.74) is 2.35. The second-order valence-electron chi connectivity index (χ2n) is 6.34. The molecule has 1 aromatic carbocycles. The van der Waals surface area contributed by atoms with Gasteiger partial charge in [0.2, 0.25) is 0 Å². The molecule has 0 amide bonds. The van der Waals surface area contributed by atoms with Gasteiger partial charge in [-0.25, -0.2) is 0 Å². The Labute approximate surface area is 156 Å². The van der Waals surface area contributed by atoms with Gasteiger partial charge in [-0.1, -0.05) is 30.3 Å². The van der Waals surface area contributed by atoms with E-state index in [0.29, 0.717) is 19.8 Å². The molecule has 0 aliphatic rings. The van der Waals surface area contributed by atoms with Gasteiger partial charge >= 0.3 is 0 Å². The van der Waals surface area contributed by atoms with Crippen LogP contribution in [0, 0.1) is 0 Å². The fourth-order valence-electron chi connectivity index (χ4n) is 2.63. The van der Waals surface area contributed by atoms with E-state index in [0.717, 1.165) is 12.5 Å². The van der Waals surface area contributed by atoms with Gasteiger partial charge < -0.3 is 20.3 Å². The Morgan fingerprint density at radius 2 is 2.04 bits per heavy atom. The molecule has 0 aliphatic carbocycles. The van der Waals surface area contributed by atoms with Crippen molar-refractivity contribution in [2.75, 3.05) is 40.8 Å². The maximum absolute atomic E-state index is 5.69. The molecule has 142 valence electrons. The fraction of sp³-hybridized carbons (Fsp3) is 0.474. The second kappa shape index (κ2) is 10.6. The molecule has 7 heteroatoms. The molecule has 26 heavy (non-hydrogen) atoms. The zero-order valence-electron chi connectivity index (χ0n) is 16.1. The van der Waals surface area contributed by atoms with Gasteiger partial charge in [0.25, 0.3) is 0 Å². The van der Waals surface area contributed by atoms with Crippen LogP contribution in [0.25, 0.3) is 0 Å². The van der Waals surface area contributed by atoms with Crippen LogP contribution in [0.5, 0.6) is 0 Å². The first-order chi connectivity index (χ1) is 12.6. The largest absolute Gasteiger partial charge is 0.375 e. The molecule has 1 heterocycles. The summed E-state index contributed by atoms with van der Waals surface area (Å²) in [5.74, 6) is 0.768. The van der Waals surface area contributed by atoms with E-state index >= 15 is 0 Å². The van der Waals surface area contributed by atoms with E-state index < -0.39 is 0 Å². The summed E-state index contributed by atoms with van der Waals surface area (Å²) in [4.78, 5) is 6.44. The van der Waals surface area contributed by atoms with E-state index in [1.54, 1.807) is 7.05 Å². The number of guanidine groups is 1. The number of aromatic nitrogens is 2. The standard InChI is InChI=1S/C19H30N6O/c1-20-19(21-10-11-26-15-16-8-6-5-7-9-16)22-13-18(24(2)3)17-12-23-25(4)14-17/h5-9,12,14,18H,10-11,13,15H2,1-4H3,(H2,20,21,22). The lowest BCUT2D eigenvalue weighted by molar-refractivity contribution is 0.125. The molecular weight excluding hydrogens is 328 g/mol. The first kappa shape index (κ1) is 19.9. The van der Waals surface area contributed by atoms with Crippen LogP contribution >= 0.6 is 0 Å². The zero-order valence-corrected chi connectivity index (χ0v) is 16.1. The molecule has 2 N–H and O–H groups in total. The van der Waals surface area contributed by atoms with Crippen LogP contribution in [0.1, 0.15) is 17.2 Å². The summed E-state index contributed by atoms with van der Waals surface area (Å²) < 4.78 is 7.51. The van der Waals surface area contributed by atoms with Crippen molar-refractivity contribution in [3.8, 4) is 0 Å². The van der Waals surface area contributed by atoms with Gasteiger partial charge in [0.15, 0.2) is 5.96 Å². The summed E-state index contributed by atoms with van der Waals surface area (Å²) in [5, 5.41) is 10.9. The van der Waals surface area contributed by atoms with Crippen LogP contribution in [0.2, 0.25) is 0 Å². The van der Waals surface area contributed by atoms with E-state index in [1.807, 2.05) is 42.3 Å². The number of ether oxygens (including phenoxy) is 1. The van der Waals surface area contributed by atoms with Crippen molar-refractivity contribution in [2.45, 2.75) is 12.6 Å². The number of likely N-dealkylation sites (N-methyl/N-ethyl adjacent to an activating group) is 1. The van der Waals surface area contributed by atoms with Gasteiger partial charge in [0, 0.05) is 38.9 Å². The Hall–Kier alpha value is -2.38. The zero-order chi connectivity index (χ0) is 18.8. The predicted octanol–water partition coefficient (Wildman–Crippen LogP) is 1.40. The van der Waals surface area contributed by atoms with Crippen molar-refractivity contribution in [1.82, 2.24) is 25.3 Å². The molecule has 1 unspecified atom stereocenters. The first-order valence-corrected chi connectivity index (χ1v) is 8.81. The van der Waals surface area contributed by atoms with Gasteiger partial charge in [-0.2, -0.15) is 5.10 Å². The summed E-state index contributed by atoms with van der Waals surface area (Å²) in [6, 6.07) is 10.4. The summed E-state index contributed by atoms with van der Waals surface area (Å²) in [6.45, 7) is 2.68. The number of hydrogen-bond donors (Lipinski definition) is 2. The third kappa shape index (κ3) is 6.50. The number of hydrogen-bond acceptors (Lipinski definition) is 4. The van der Waals surface area contributed by atoms with Crippen molar-refractivity contribution >= 4 is 5.96 Å². The Bertz CT molecular complexity index is 668. The minimum Gasteiger partial charge on any atom is -0.375 e. The molecule has 7 nitrogen and oxygen atoms in total. The quantitative estimate of drug-likeness (QED) is 0.403. The van der Waals surface area contributed by atoms with Crippen LogP contribution in [0.3, 0.4) is 0 Å². The number of nitrogens with one attached hydrogen (secondary N) is 2. The van der Waals surface area contributed by atoms with Crippen molar-refractivity contribution < 1.29 is 4.74 Å². The van der Waals surface area contributed by atoms with Crippen molar-refractivity contribution in [2.24, 2.45) is 12.0 Å². The summed E-state index contributed by atoms with van der Waals surface area (Å²) in [7, 11) is 7.83. The Balaban J connectivity index is 1.71. The Morgan fingerprint density at radius 1 is 1.27 bits per heavy atom. The topological polar surface area (TPSA) is 66.7 Å². The highest BCUT2D eigenvalue weighted by molar-refractivity contribution is 5.79. The molecule has 0 spiro atoms. The van der Waals surface area contributed by atoms with Gasteiger partial charge in [-0.3, -0.25) is 9.67 Å². The Kier molecular flexibility index (Phi) is 8.11. The molecule has 2 aromatic rings. The van der Waals surface area contributed by atoms with Gasteiger partial charge in [-0.05, 0) is 19.7 Å². The van der Waals surface area contributed by atoms with Gasteiger partial charge in [-0.15, -0.1) is 0 Å². The average molecular weight is 358 g/mol. The monoisotopic (exact) mass is 358 g/mol. The lowest BCUT2D eigenvalue weighted by atomic mass is 10.1. The molecule has 0 saturated heterocycles. The van der Waals surface area contributed by atoms with Crippen LogP contribution in [0.15, 0.2) is 47.7 Å². The highest BCUT2D eigenvalue weighted by Gasteiger charge is 2.16. The average Bonchev–Trinajstić information content (AvgIpc) is 3.06. The van der Waals surface area contributed by atoms with Crippen LogP contribution in [0.4, 0.5) is 0 Å². The van der Waals surface area contributed by atoms with E-state index in [1.165, 1.54) is 11.1 Å². The van der Waals surface area contributed by atoms with Crippen LogP contribution in [-0.4, -0.2) is 61.5 Å². The maximum atomic E-state index is 5.69. The molecule has 1 atom stereocenters. The lowest BCUT2D eigenvalue weighted by Gasteiger charge is -2.24. The summed E-state index contributed by atoms with van der Waals surface area (Å²) in [6.07, 6.45) is 3.94. The van der Waals surface area contributed by atoms with E-state index in [2.05, 4.69) is 51.9 Å². The highest BCUT2D eigenvalue weighted by Crippen LogP contribution is 2.15. The normalized spacial score (nSPS) is 13.0. The van der Waals surface area contributed by atoms with Gasteiger partial charge in [0.1, 0.15) is 0 Å². The molecule has 0 radical (unpaired) electrons. The third-order valence-corrected chi connectivity index (χ3v) is 4.07. The van der Waals surface area contributed by atoms with Crippen molar-refractivity contribution in [3.05, 3.63) is 53.9 Å². The minimum absolute atomic E-state index is 0.219. The van der Waals surface area contributed by atoms with E-state index in [4.69, 9.17) is 4.74 Å². The molecular formula is C19H30N6O. The van der Waals surface area contributed by atoms with Gasteiger partial charge in [0.05, 0.1) is 25.5 Å². The number of rotatable bonds is 9. The van der Waals surface area contributed by atoms with Crippen molar-refractivity contribution in [1.29, 1.82) is 0 Å². The SMILES string of the molecule is CN=C(NCCOCc1ccccc1)NCC(c1cnn(C)c1)N(C)C. The van der Waals surface area contributed by atoms with E-state index in [-0.39, 0.29) is 6.04 Å². The Morgan fingerprint density at radius 3 is 2.65 bits per heavy atom. The summed E-state index contributed by atoms with van der Waals surface area (Å²) >= 11 is 0. The highest BCUT2D eigenvalue weighted by atomic mass is 16.5.